The number of fused-ring (bicyclic) bond motifs is 1. The van der Waals surface area contributed by atoms with Crippen LogP contribution in [0.3, 0.4) is 0 Å². The number of nitrogens with zero attached hydrogens (tertiary/aromatic N) is 3. The first-order valence-corrected chi connectivity index (χ1v) is 11.3. The molecule has 1 N–H and O–H groups in total. The molecule has 1 aromatic carbocycles. The fourth-order valence-electron chi connectivity index (χ4n) is 4.09. The molecule has 2 aliphatic rings. The van der Waals surface area contributed by atoms with Gasteiger partial charge in [0.05, 0.1) is 5.69 Å². The Hall–Kier alpha value is -2.48. The van der Waals surface area contributed by atoms with Gasteiger partial charge in [0.1, 0.15) is 5.82 Å². The van der Waals surface area contributed by atoms with Crippen molar-refractivity contribution in [3.05, 3.63) is 40.2 Å². The fourth-order valence-corrected chi connectivity index (χ4v) is 5.33. The molecule has 1 atom stereocenters. The molecule has 6 nitrogen and oxygen atoms in total. The molecule has 0 bridgehead atoms. The Labute approximate surface area is 180 Å². The first kappa shape index (κ1) is 20.8. The number of rotatable bonds is 4. The van der Waals surface area contributed by atoms with Crippen molar-refractivity contribution in [2.45, 2.75) is 39.5 Å². The first-order valence-electron chi connectivity index (χ1n) is 10.5. The van der Waals surface area contributed by atoms with Crippen LogP contribution in [-0.2, 0) is 22.4 Å². The molecule has 2 aromatic rings. The highest BCUT2D eigenvalue weighted by Gasteiger charge is 2.30. The van der Waals surface area contributed by atoms with Crippen molar-refractivity contribution >= 4 is 34.0 Å². The number of amides is 2. The van der Waals surface area contributed by atoms with Crippen LogP contribution in [0, 0.1) is 18.7 Å². The maximum Gasteiger partial charge on any atom is 0.227 e. The fraction of sp³-hybridized carbons (Fsp3) is 0.500. The average molecular weight is 431 g/mol. The molecule has 0 unspecified atom stereocenters. The number of anilines is 2. The van der Waals surface area contributed by atoms with Gasteiger partial charge in [-0.05, 0) is 49.9 Å². The number of hydrogen-bond acceptors (Lipinski definition) is 5. The van der Waals surface area contributed by atoms with Gasteiger partial charge in [0.15, 0.2) is 5.13 Å². The number of aromatic nitrogens is 1. The summed E-state index contributed by atoms with van der Waals surface area (Å²) in [5, 5.41) is 3.96. The number of benzene rings is 1. The van der Waals surface area contributed by atoms with Crippen molar-refractivity contribution in [2.24, 2.45) is 5.92 Å². The standard InChI is InChI=1S/C22H27FN4O2S/c1-3-20(28)26-8-10-27(11-9-26)22-25-18-6-4-15(13-19(18)30-22)21(29)24-17-7-5-16(23)12-14(17)2/h5,7,12,15H,3-4,6,8-11,13H2,1-2H3,(H,24,29)/t15-/m0/s1. The van der Waals surface area contributed by atoms with E-state index in [2.05, 4.69) is 10.2 Å². The normalized spacial score (nSPS) is 18.8. The van der Waals surface area contributed by atoms with Gasteiger partial charge in [-0.1, -0.05) is 6.92 Å². The molecule has 1 fully saturated rings. The smallest absolute Gasteiger partial charge is 0.227 e. The summed E-state index contributed by atoms with van der Waals surface area (Å²) in [4.78, 5) is 34.8. The highest BCUT2D eigenvalue weighted by Crippen LogP contribution is 2.35. The maximum absolute atomic E-state index is 13.3. The van der Waals surface area contributed by atoms with E-state index < -0.39 is 0 Å². The van der Waals surface area contributed by atoms with Gasteiger partial charge in [-0.3, -0.25) is 9.59 Å². The Bertz CT molecular complexity index is 953. The Balaban J connectivity index is 1.38. The van der Waals surface area contributed by atoms with Gasteiger partial charge in [0.2, 0.25) is 11.8 Å². The van der Waals surface area contributed by atoms with Crippen LogP contribution in [0.5, 0.6) is 0 Å². The zero-order chi connectivity index (χ0) is 21.3. The number of piperazine rings is 1. The molecule has 2 amide bonds. The number of thiazole rings is 1. The molecule has 2 heterocycles. The van der Waals surface area contributed by atoms with Crippen LogP contribution < -0.4 is 10.2 Å². The summed E-state index contributed by atoms with van der Waals surface area (Å²) < 4.78 is 13.3. The van der Waals surface area contributed by atoms with Crippen molar-refractivity contribution in [2.75, 3.05) is 36.4 Å². The van der Waals surface area contributed by atoms with Crippen LogP contribution in [0.25, 0.3) is 0 Å². The largest absolute Gasteiger partial charge is 0.345 e. The van der Waals surface area contributed by atoms with Crippen LogP contribution in [0.1, 0.15) is 35.9 Å². The van der Waals surface area contributed by atoms with E-state index in [0.717, 1.165) is 55.4 Å². The predicted molar refractivity (Wildman–Crippen MR) is 116 cm³/mol. The summed E-state index contributed by atoms with van der Waals surface area (Å²) >= 11 is 1.67. The molecule has 0 saturated carbocycles. The van der Waals surface area contributed by atoms with Crippen LogP contribution >= 0.6 is 11.3 Å². The summed E-state index contributed by atoms with van der Waals surface area (Å²) in [5.41, 5.74) is 2.49. The SMILES string of the molecule is CCC(=O)N1CCN(c2nc3c(s2)C[C@@H](C(=O)Nc2ccc(F)cc2C)CC3)CC1. The number of hydrogen-bond donors (Lipinski definition) is 1. The maximum atomic E-state index is 13.3. The number of carbonyl (C=O) groups is 2. The van der Waals surface area contributed by atoms with Crippen LogP contribution in [0.15, 0.2) is 18.2 Å². The zero-order valence-electron chi connectivity index (χ0n) is 17.4. The Morgan fingerprint density at radius 3 is 2.73 bits per heavy atom. The average Bonchev–Trinajstić information content (AvgIpc) is 3.18. The molecular weight excluding hydrogens is 403 g/mol. The lowest BCUT2D eigenvalue weighted by Gasteiger charge is -2.34. The van der Waals surface area contributed by atoms with E-state index in [9.17, 15) is 14.0 Å². The molecule has 1 saturated heterocycles. The second-order valence-corrected chi connectivity index (χ2v) is 9.04. The summed E-state index contributed by atoms with van der Waals surface area (Å²) in [6.07, 6.45) is 2.79. The third-order valence-electron chi connectivity index (χ3n) is 5.95. The molecule has 1 aromatic heterocycles. The van der Waals surface area contributed by atoms with E-state index in [4.69, 9.17) is 4.98 Å². The minimum absolute atomic E-state index is 0.0167. The molecule has 1 aliphatic heterocycles. The lowest BCUT2D eigenvalue weighted by molar-refractivity contribution is -0.131. The van der Waals surface area contributed by atoms with E-state index in [1.807, 2.05) is 11.8 Å². The minimum Gasteiger partial charge on any atom is -0.345 e. The molecule has 160 valence electrons. The number of halogens is 1. The van der Waals surface area contributed by atoms with Gasteiger partial charge in [-0.25, -0.2) is 9.37 Å². The van der Waals surface area contributed by atoms with Gasteiger partial charge in [-0.15, -0.1) is 11.3 Å². The minimum atomic E-state index is -0.301. The van der Waals surface area contributed by atoms with Crippen LogP contribution in [-0.4, -0.2) is 47.9 Å². The second kappa shape index (κ2) is 8.71. The Morgan fingerprint density at radius 1 is 1.27 bits per heavy atom. The van der Waals surface area contributed by atoms with Gasteiger partial charge in [-0.2, -0.15) is 0 Å². The predicted octanol–water partition coefficient (Wildman–Crippen LogP) is 3.39. The summed E-state index contributed by atoms with van der Waals surface area (Å²) in [7, 11) is 0. The van der Waals surface area contributed by atoms with Crippen molar-refractivity contribution in [3.63, 3.8) is 0 Å². The third kappa shape index (κ3) is 4.33. The summed E-state index contributed by atoms with van der Waals surface area (Å²) in [5.74, 6) is -0.213. The Morgan fingerprint density at radius 2 is 2.03 bits per heavy atom. The van der Waals surface area contributed by atoms with E-state index in [1.165, 1.54) is 17.0 Å². The number of aryl methyl sites for hydroxylation is 2. The third-order valence-corrected chi connectivity index (χ3v) is 7.13. The first-order chi connectivity index (χ1) is 14.4. The Kier molecular flexibility index (Phi) is 6.04. The van der Waals surface area contributed by atoms with E-state index >= 15 is 0 Å². The van der Waals surface area contributed by atoms with Crippen molar-refractivity contribution in [1.29, 1.82) is 0 Å². The molecule has 0 spiro atoms. The molecule has 4 rings (SSSR count). The lowest BCUT2D eigenvalue weighted by atomic mass is 9.90. The van der Waals surface area contributed by atoms with Crippen LogP contribution in [0.2, 0.25) is 0 Å². The van der Waals surface area contributed by atoms with Crippen LogP contribution in [0.4, 0.5) is 15.2 Å². The van der Waals surface area contributed by atoms with E-state index in [1.54, 1.807) is 24.3 Å². The molecule has 8 heteroatoms. The van der Waals surface area contributed by atoms with Gasteiger partial charge < -0.3 is 15.1 Å². The van der Waals surface area contributed by atoms with Gasteiger partial charge in [0, 0.05) is 49.1 Å². The molecule has 0 radical (unpaired) electrons. The number of carbonyl (C=O) groups excluding carboxylic acids is 2. The topological polar surface area (TPSA) is 65.5 Å². The molecule has 1 aliphatic carbocycles. The zero-order valence-corrected chi connectivity index (χ0v) is 18.2. The number of nitrogens with one attached hydrogen (secondary N) is 1. The van der Waals surface area contributed by atoms with E-state index in [-0.39, 0.29) is 23.5 Å². The van der Waals surface area contributed by atoms with E-state index in [0.29, 0.717) is 18.5 Å². The highest BCUT2D eigenvalue weighted by atomic mass is 32.1. The second-order valence-electron chi connectivity index (χ2n) is 7.98. The van der Waals surface area contributed by atoms with Gasteiger partial charge in [0.25, 0.3) is 0 Å². The van der Waals surface area contributed by atoms with Crippen molar-refractivity contribution in [1.82, 2.24) is 9.88 Å². The highest BCUT2D eigenvalue weighted by molar-refractivity contribution is 7.15. The monoisotopic (exact) mass is 430 g/mol. The van der Waals surface area contributed by atoms with Gasteiger partial charge >= 0.3 is 0 Å². The summed E-state index contributed by atoms with van der Waals surface area (Å²) in [6.45, 7) is 6.75. The molecular formula is C22H27FN4O2S. The van der Waals surface area contributed by atoms with Crippen molar-refractivity contribution in [3.8, 4) is 0 Å². The summed E-state index contributed by atoms with van der Waals surface area (Å²) in [6, 6.07) is 4.41. The molecule has 30 heavy (non-hydrogen) atoms. The van der Waals surface area contributed by atoms with Crippen molar-refractivity contribution < 1.29 is 14.0 Å². The lowest BCUT2D eigenvalue weighted by Crippen LogP contribution is -2.48. The quantitative estimate of drug-likeness (QED) is 0.808.